The van der Waals surface area contributed by atoms with Gasteiger partial charge in [-0.15, -0.1) is 0 Å². The number of esters is 1. The van der Waals surface area contributed by atoms with E-state index in [1.807, 2.05) is 38.1 Å². The first-order valence-electron chi connectivity index (χ1n) is 13.7. The van der Waals surface area contributed by atoms with Crippen LogP contribution in [0.1, 0.15) is 76.5 Å². The Hall–Kier alpha value is -3.58. The second kappa shape index (κ2) is 19.5. The molecule has 0 aromatic heterocycles. The van der Waals surface area contributed by atoms with Crippen molar-refractivity contribution in [2.24, 2.45) is 0 Å². The highest BCUT2D eigenvalue weighted by Crippen LogP contribution is 2.23. The summed E-state index contributed by atoms with van der Waals surface area (Å²) < 4.78 is 17.8. The zero-order valence-corrected chi connectivity index (χ0v) is 23.9. The quantitative estimate of drug-likeness (QED) is 0.0876. The Morgan fingerprint density at radius 2 is 1.53 bits per heavy atom. The highest BCUT2D eigenvalue weighted by molar-refractivity contribution is 5.91. The molecule has 0 aliphatic carbocycles. The standard InChI is InChI=1S/C32H38FNO2.C2H6/c1-5-7-9-24-34(31(12-10-23-33)25-26(3)32(35)36-4)30-21-19-29(20-22-30)18-17-28-15-13-27(14-16-28)11-8-6-2;1-2/h10,12-16,19-22,25H,3,5-9,11,23-24H2,1-2,4H3;1-2H3/b12-10-,31-25+;. The monoisotopic (exact) mass is 517 g/mol. The molecule has 0 fully saturated rings. The second-order valence-electron chi connectivity index (χ2n) is 8.60. The maximum atomic E-state index is 13.0. The minimum atomic E-state index is -0.598. The number of ether oxygens (including phenoxy) is 1. The van der Waals surface area contributed by atoms with Crippen molar-refractivity contribution in [3.8, 4) is 11.8 Å². The van der Waals surface area contributed by atoms with Crippen molar-refractivity contribution in [1.29, 1.82) is 0 Å². The molecule has 0 atom stereocenters. The molecule has 0 N–H and O–H groups in total. The first-order valence-corrected chi connectivity index (χ1v) is 13.7. The Morgan fingerprint density at radius 3 is 2.05 bits per heavy atom. The molecule has 0 saturated carbocycles. The molecule has 0 aliphatic heterocycles. The van der Waals surface area contributed by atoms with Crippen molar-refractivity contribution in [3.05, 3.63) is 101 Å². The number of unbranched alkanes of at least 4 members (excludes halogenated alkanes) is 3. The largest absolute Gasteiger partial charge is 0.465 e. The lowest BCUT2D eigenvalue weighted by Crippen LogP contribution is -2.23. The van der Waals surface area contributed by atoms with E-state index >= 15 is 0 Å². The molecule has 0 saturated heterocycles. The van der Waals surface area contributed by atoms with Crippen LogP contribution < -0.4 is 4.90 Å². The van der Waals surface area contributed by atoms with Crippen molar-refractivity contribution in [3.63, 3.8) is 0 Å². The van der Waals surface area contributed by atoms with Gasteiger partial charge in [-0.25, -0.2) is 9.18 Å². The number of halogens is 1. The number of allylic oxidation sites excluding steroid dienone is 2. The zero-order valence-electron chi connectivity index (χ0n) is 23.9. The van der Waals surface area contributed by atoms with Gasteiger partial charge < -0.3 is 9.64 Å². The lowest BCUT2D eigenvalue weighted by molar-refractivity contribution is -0.135. The number of alkyl halides is 1. The molecule has 0 unspecified atom stereocenters. The minimum absolute atomic E-state index is 0.208. The van der Waals surface area contributed by atoms with Crippen LogP contribution in [0.5, 0.6) is 0 Å². The molecule has 2 rings (SSSR count). The van der Waals surface area contributed by atoms with Gasteiger partial charge in [-0.3, -0.25) is 0 Å². The number of anilines is 1. The van der Waals surface area contributed by atoms with E-state index in [9.17, 15) is 9.18 Å². The Balaban J connectivity index is 0.00000352. The van der Waals surface area contributed by atoms with Crippen LogP contribution in [-0.4, -0.2) is 26.3 Å². The second-order valence-corrected chi connectivity index (χ2v) is 8.60. The predicted octanol–water partition coefficient (Wildman–Crippen LogP) is 8.59. The lowest BCUT2D eigenvalue weighted by Gasteiger charge is -2.26. The first-order chi connectivity index (χ1) is 18.5. The summed E-state index contributed by atoms with van der Waals surface area (Å²) in [6.45, 7) is 12.3. The average molecular weight is 518 g/mol. The number of nitrogens with zero attached hydrogens (tertiary/aromatic N) is 1. The summed E-state index contributed by atoms with van der Waals surface area (Å²) in [7, 11) is 1.32. The number of methoxy groups -OCH3 is 1. The lowest BCUT2D eigenvalue weighted by atomic mass is 10.1. The van der Waals surface area contributed by atoms with E-state index in [-0.39, 0.29) is 5.57 Å². The van der Waals surface area contributed by atoms with E-state index in [0.29, 0.717) is 5.70 Å². The molecule has 0 aliphatic rings. The van der Waals surface area contributed by atoms with Crippen molar-refractivity contribution < 1.29 is 13.9 Å². The third-order valence-corrected chi connectivity index (χ3v) is 5.75. The molecule has 0 heterocycles. The smallest absolute Gasteiger partial charge is 0.337 e. The Kier molecular flexibility index (Phi) is 16.7. The third kappa shape index (κ3) is 11.6. The highest BCUT2D eigenvalue weighted by atomic mass is 19.1. The van der Waals surface area contributed by atoms with Crippen molar-refractivity contribution in [2.45, 2.75) is 66.2 Å². The van der Waals surface area contributed by atoms with Crippen LogP contribution >= 0.6 is 0 Å². The fourth-order valence-corrected chi connectivity index (χ4v) is 3.68. The van der Waals surface area contributed by atoms with Gasteiger partial charge >= 0.3 is 5.97 Å². The maximum absolute atomic E-state index is 13.0. The van der Waals surface area contributed by atoms with Crippen LogP contribution in [-0.2, 0) is 16.0 Å². The Bertz CT molecular complexity index is 1090. The molecule has 0 bridgehead atoms. The Labute approximate surface area is 230 Å². The zero-order chi connectivity index (χ0) is 28.2. The molecule has 4 heteroatoms. The van der Waals surface area contributed by atoms with E-state index in [2.05, 4.69) is 61.4 Å². The molecule has 3 nitrogen and oxygen atoms in total. The number of aryl methyl sites for hydroxylation is 1. The third-order valence-electron chi connectivity index (χ3n) is 5.75. The number of carbonyl (C=O) groups is 1. The van der Waals surface area contributed by atoms with Crippen LogP contribution in [0.2, 0.25) is 0 Å². The van der Waals surface area contributed by atoms with Gasteiger partial charge in [0.25, 0.3) is 0 Å². The molecular formula is C34H44FNO2. The van der Waals surface area contributed by atoms with Crippen LogP contribution in [0, 0.1) is 11.8 Å². The fourth-order valence-electron chi connectivity index (χ4n) is 3.68. The number of hydrogen-bond acceptors (Lipinski definition) is 3. The van der Waals surface area contributed by atoms with Crippen LogP contribution in [0.15, 0.2) is 84.6 Å². The van der Waals surface area contributed by atoms with Gasteiger partial charge in [-0.05, 0) is 73.4 Å². The average Bonchev–Trinajstić information content (AvgIpc) is 2.97. The molecule has 2 aromatic carbocycles. The molecule has 38 heavy (non-hydrogen) atoms. The summed E-state index contributed by atoms with van der Waals surface area (Å²) in [5, 5.41) is 0. The van der Waals surface area contributed by atoms with Gasteiger partial charge in [0.05, 0.1) is 12.7 Å². The molecule has 0 amide bonds. The van der Waals surface area contributed by atoms with E-state index in [4.69, 9.17) is 4.74 Å². The van der Waals surface area contributed by atoms with E-state index < -0.39 is 12.6 Å². The van der Waals surface area contributed by atoms with Crippen molar-refractivity contribution >= 4 is 11.7 Å². The summed E-state index contributed by atoms with van der Waals surface area (Å²) in [6.07, 6.45) is 11.3. The van der Waals surface area contributed by atoms with Crippen LogP contribution in [0.3, 0.4) is 0 Å². The molecular weight excluding hydrogens is 473 g/mol. The maximum Gasteiger partial charge on any atom is 0.337 e. The van der Waals surface area contributed by atoms with Gasteiger partial charge in [-0.2, -0.15) is 0 Å². The molecule has 0 spiro atoms. The van der Waals surface area contributed by atoms with E-state index in [0.717, 1.165) is 49.0 Å². The SMILES string of the molecule is C=C(/C=C(\C=C/CF)N(CCCCC)c1ccc(C#Cc2ccc(CCCC)cc2)cc1)C(=O)OC.CC. The molecule has 0 radical (unpaired) electrons. The van der Waals surface area contributed by atoms with Gasteiger partial charge in [0.1, 0.15) is 6.67 Å². The number of carbonyl (C=O) groups excluding carboxylic acids is 1. The number of benzene rings is 2. The fraction of sp³-hybridized carbons (Fsp3) is 0.382. The van der Waals surface area contributed by atoms with Gasteiger partial charge in [-0.1, -0.05) is 83.6 Å². The predicted molar refractivity (Wildman–Crippen MR) is 160 cm³/mol. The molecule has 204 valence electrons. The van der Waals surface area contributed by atoms with Crippen molar-refractivity contribution in [2.75, 3.05) is 25.2 Å². The molecule has 2 aromatic rings. The summed E-state index contributed by atoms with van der Waals surface area (Å²) >= 11 is 0. The number of hydrogen-bond donors (Lipinski definition) is 0. The summed E-state index contributed by atoms with van der Waals surface area (Å²) in [6, 6.07) is 16.4. The minimum Gasteiger partial charge on any atom is -0.465 e. The highest BCUT2D eigenvalue weighted by Gasteiger charge is 2.13. The van der Waals surface area contributed by atoms with Crippen LogP contribution in [0.4, 0.5) is 10.1 Å². The summed E-state index contributed by atoms with van der Waals surface area (Å²) in [4.78, 5) is 14.0. The first kappa shape index (κ1) is 32.4. The summed E-state index contributed by atoms with van der Waals surface area (Å²) in [5.41, 5.74) is 5.07. The van der Waals surface area contributed by atoms with Crippen LogP contribution in [0.25, 0.3) is 0 Å². The van der Waals surface area contributed by atoms with E-state index in [1.165, 1.54) is 31.6 Å². The topological polar surface area (TPSA) is 29.5 Å². The number of rotatable bonds is 13. The normalized spacial score (nSPS) is 10.7. The van der Waals surface area contributed by atoms with Gasteiger partial charge in [0, 0.05) is 29.1 Å². The van der Waals surface area contributed by atoms with Gasteiger partial charge in [0.15, 0.2) is 0 Å². The summed E-state index contributed by atoms with van der Waals surface area (Å²) in [5.74, 6) is 5.96. The Morgan fingerprint density at radius 1 is 0.947 bits per heavy atom. The van der Waals surface area contributed by atoms with Crippen molar-refractivity contribution in [1.82, 2.24) is 0 Å². The van der Waals surface area contributed by atoms with Gasteiger partial charge in [0.2, 0.25) is 0 Å². The van der Waals surface area contributed by atoms with E-state index in [1.54, 1.807) is 12.2 Å².